The third kappa shape index (κ3) is 3.32. The molecule has 2 aromatic rings. The number of rotatable bonds is 4. The van der Waals surface area contributed by atoms with Gasteiger partial charge < -0.3 is 4.90 Å². The Morgan fingerprint density at radius 3 is 2.59 bits per heavy atom. The van der Waals surface area contributed by atoms with Crippen LogP contribution in [0.4, 0.5) is 15.8 Å². The van der Waals surface area contributed by atoms with Gasteiger partial charge in [-0.2, -0.15) is 0 Å². The van der Waals surface area contributed by atoms with E-state index in [2.05, 4.69) is 4.72 Å². The summed E-state index contributed by atoms with van der Waals surface area (Å²) in [5, 5.41) is 0. The monoisotopic (exact) mass is 388 g/mol. The van der Waals surface area contributed by atoms with Crippen molar-refractivity contribution in [1.29, 1.82) is 0 Å². The van der Waals surface area contributed by atoms with Crippen molar-refractivity contribution >= 4 is 27.3 Å². The second-order valence-electron chi connectivity index (χ2n) is 7.39. The second kappa shape index (κ2) is 6.34. The molecule has 1 fully saturated rings. The summed E-state index contributed by atoms with van der Waals surface area (Å²) in [5.74, 6) is -0.163. The van der Waals surface area contributed by atoms with E-state index < -0.39 is 15.8 Å². The number of aryl methyl sites for hydroxylation is 1. The maximum Gasteiger partial charge on any atom is 0.261 e. The average Bonchev–Trinajstić information content (AvgIpc) is 3.39. The highest BCUT2D eigenvalue weighted by molar-refractivity contribution is 7.92. The van der Waals surface area contributed by atoms with E-state index in [1.165, 1.54) is 24.3 Å². The number of halogens is 1. The molecule has 0 saturated heterocycles. The van der Waals surface area contributed by atoms with E-state index in [0.29, 0.717) is 17.7 Å². The maximum absolute atomic E-state index is 13.2. The summed E-state index contributed by atoms with van der Waals surface area (Å²) in [6, 6.07) is 8.80. The molecule has 1 atom stereocenters. The summed E-state index contributed by atoms with van der Waals surface area (Å²) in [6.07, 6.45) is 2.50. The van der Waals surface area contributed by atoms with E-state index in [0.717, 1.165) is 24.1 Å². The van der Waals surface area contributed by atoms with Gasteiger partial charge in [0.15, 0.2) is 0 Å². The summed E-state index contributed by atoms with van der Waals surface area (Å²) in [6.45, 7) is 3.63. The van der Waals surface area contributed by atoms with Crippen LogP contribution in [0.2, 0.25) is 0 Å². The first-order valence-electron chi connectivity index (χ1n) is 9.01. The minimum atomic E-state index is -3.81. The zero-order valence-corrected chi connectivity index (χ0v) is 16.0. The molecule has 1 heterocycles. The van der Waals surface area contributed by atoms with Gasteiger partial charge >= 0.3 is 0 Å². The van der Waals surface area contributed by atoms with E-state index in [4.69, 9.17) is 0 Å². The smallest absolute Gasteiger partial charge is 0.261 e. The van der Waals surface area contributed by atoms with Crippen molar-refractivity contribution in [3.8, 4) is 0 Å². The van der Waals surface area contributed by atoms with Gasteiger partial charge in [-0.1, -0.05) is 0 Å². The van der Waals surface area contributed by atoms with E-state index in [-0.39, 0.29) is 22.8 Å². The first kappa shape index (κ1) is 18.0. The largest absolute Gasteiger partial charge is 0.309 e. The van der Waals surface area contributed by atoms with E-state index in [1.807, 2.05) is 6.92 Å². The molecule has 4 rings (SSSR count). The lowest BCUT2D eigenvalue weighted by Gasteiger charge is -2.22. The Morgan fingerprint density at radius 2 is 1.93 bits per heavy atom. The zero-order chi connectivity index (χ0) is 19.3. The van der Waals surface area contributed by atoms with Crippen LogP contribution in [0, 0.1) is 18.7 Å². The second-order valence-corrected chi connectivity index (χ2v) is 9.07. The highest BCUT2D eigenvalue weighted by Crippen LogP contribution is 2.39. The third-order valence-corrected chi connectivity index (χ3v) is 6.54. The summed E-state index contributed by atoms with van der Waals surface area (Å²) in [5.41, 5.74) is 2.51. The van der Waals surface area contributed by atoms with E-state index in [9.17, 15) is 17.6 Å². The van der Waals surface area contributed by atoms with Crippen LogP contribution in [0.3, 0.4) is 0 Å². The lowest BCUT2D eigenvalue weighted by molar-refractivity contribution is -0.120. The molecule has 142 valence electrons. The van der Waals surface area contributed by atoms with Crippen LogP contribution in [-0.2, 0) is 21.2 Å². The van der Waals surface area contributed by atoms with Crippen LogP contribution in [0.1, 0.15) is 30.9 Å². The molecule has 1 N–H and O–H groups in total. The van der Waals surface area contributed by atoms with Gasteiger partial charge in [-0.15, -0.1) is 0 Å². The average molecular weight is 388 g/mol. The molecular weight excluding hydrogens is 367 g/mol. The first-order chi connectivity index (χ1) is 12.8. The number of hydrogen-bond acceptors (Lipinski definition) is 3. The lowest BCUT2D eigenvalue weighted by atomic mass is 10.1. The predicted octanol–water partition coefficient (Wildman–Crippen LogP) is 3.62. The fourth-order valence-corrected chi connectivity index (χ4v) is 4.76. The fourth-order valence-electron chi connectivity index (χ4n) is 3.58. The van der Waals surface area contributed by atoms with Crippen LogP contribution in [0.5, 0.6) is 0 Å². The van der Waals surface area contributed by atoms with Gasteiger partial charge in [0.2, 0.25) is 5.91 Å². The van der Waals surface area contributed by atoms with Crippen LogP contribution in [-0.4, -0.2) is 20.4 Å². The minimum Gasteiger partial charge on any atom is -0.309 e. The highest BCUT2D eigenvalue weighted by Gasteiger charge is 2.39. The molecule has 0 unspecified atom stereocenters. The van der Waals surface area contributed by atoms with Crippen LogP contribution in [0.15, 0.2) is 41.3 Å². The van der Waals surface area contributed by atoms with Gasteiger partial charge in [-0.3, -0.25) is 9.52 Å². The number of nitrogens with zero attached hydrogens (tertiary/aromatic N) is 1. The number of carbonyl (C=O) groups is 1. The molecule has 0 bridgehead atoms. The summed E-state index contributed by atoms with van der Waals surface area (Å²) in [4.78, 5) is 14.5. The number of hydrogen-bond donors (Lipinski definition) is 1. The normalized spacial score (nSPS) is 19.1. The summed E-state index contributed by atoms with van der Waals surface area (Å²) in [7, 11) is -3.81. The molecule has 0 aromatic heterocycles. The standard InChI is InChI=1S/C20H21FN2O3S/c1-12-9-16(21)5-7-18(12)22-27(25,26)17-6-8-19-15(11-17)10-13(2)23(19)20(24)14-3-4-14/h5-9,11,13-14,22H,3-4,10H2,1-2H3/t13-/m1/s1. The Hall–Kier alpha value is -2.41. The van der Waals surface area contributed by atoms with Gasteiger partial charge in [-0.05, 0) is 80.6 Å². The number of anilines is 2. The van der Waals surface area contributed by atoms with Crippen molar-refractivity contribution < 1.29 is 17.6 Å². The molecule has 0 spiro atoms. The predicted molar refractivity (Wildman–Crippen MR) is 102 cm³/mol. The van der Waals surface area contributed by atoms with Crippen molar-refractivity contribution in [2.75, 3.05) is 9.62 Å². The maximum atomic E-state index is 13.2. The Kier molecular flexibility index (Phi) is 4.22. The number of sulfonamides is 1. The number of fused-ring (bicyclic) bond motifs is 1. The summed E-state index contributed by atoms with van der Waals surface area (Å²) >= 11 is 0. The van der Waals surface area contributed by atoms with Crippen molar-refractivity contribution in [2.45, 2.75) is 44.0 Å². The molecule has 1 aliphatic carbocycles. The number of nitrogens with one attached hydrogen (secondary N) is 1. The molecule has 1 saturated carbocycles. The lowest BCUT2D eigenvalue weighted by Crippen LogP contribution is -2.36. The van der Waals surface area contributed by atoms with Crippen molar-refractivity contribution in [2.24, 2.45) is 5.92 Å². The topological polar surface area (TPSA) is 66.5 Å². The molecule has 5 nitrogen and oxygen atoms in total. The van der Waals surface area contributed by atoms with Crippen molar-refractivity contribution in [1.82, 2.24) is 0 Å². The van der Waals surface area contributed by atoms with Crippen molar-refractivity contribution in [3.63, 3.8) is 0 Å². The molecule has 2 aliphatic rings. The zero-order valence-electron chi connectivity index (χ0n) is 15.2. The van der Waals surface area contributed by atoms with Gasteiger partial charge in [0.1, 0.15) is 5.82 Å². The Morgan fingerprint density at radius 1 is 1.19 bits per heavy atom. The van der Waals surface area contributed by atoms with Gasteiger partial charge in [0, 0.05) is 17.6 Å². The molecule has 2 aromatic carbocycles. The van der Waals surface area contributed by atoms with Crippen LogP contribution in [0.25, 0.3) is 0 Å². The highest BCUT2D eigenvalue weighted by atomic mass is 32.2. The molecule has 7 heteroatoms. The molecule has 27 heavy (non-hydrogen) atoms. The number of benzene rings is 2. The number of carbonyl (C=O) groups excluding carboxylic acids is 1. The molecule has 1 aliphatic heterocycles. The quantitative estimate of drug-likeness (QED) is 0.870. The molecular formula is C20H21FN2O3S. The van der Waals surface area contributed by atoms with Gasteiger partial charge in [0.25, 0.3) is 10.0 Å². The van der Waals surface area contributed by atoms with Gasteiger partial charge in [-0.25, -0.2) is 12.8 Å². The van der Waals surface area contributed by atoms with Gasteiger partial charge in [0.05, 0.1) is 10.6 Å². The first-order valence-corrected chi connectivity index (χ1v) is 10.5. The summed E-state index contributed by atoms with van der Waals surface area (Å²) < 4.78 is 41.3. The Labute approximate surface area is 158 Å². The third-order valence-electron chi connectivity index (χ3n) is 5.17. The van der Waals surface area contributed by atoms with E-state index in [1.54, 1.807) is 24.0 Å². The minimum absolute atomic E-state index is 0.0263. The fraction of sp³-hybridized carbons (Fsp3) is 0.350. The van der Waals surface area contributed by atoms with Crippen LogP contribution < -0.4 is 9.62 Å². The number of amides is 1. The van der Waals surface area contributed by atoms with E-state index >= 15 is 0 Å². The molecule has 1 amide bonds. The Balaban J connectivity index is 1.63. The Bertz CT molecular complexity index is 1030. The van der Waals surface area contributed by atoms with Crippen LogP contribution >= 0.6 is 0 Å². The SMILES string of the molecule is Cc1cc(F)ccc1NS(=O)(=O)c1ccc2c(c1)C[C@@H](C)N2C(=O)C1CC1. The molecule has 0 radical (unpaired) electrons. The van der Waals surface area contributed by atoms with Crippen molar-refractivity contribution in [3.05, 3.63) is 53.3 Å².